The van der Waals surface area contributed by atoms with Crippen LogP contribution in [0.2, 0.25) is 0 Å². The summed E-state index contributed by atoms with van der Waals surface area (Å²) in [6.07, 6.45) is 0.842. The zero-order valence-electron chi connectivity index (χ0n) is 12.2. The molecule has 4 nitrogen and oxygen atoms in total. The molecule has 4 heteroatoms. The third-order valence-corrected chi connectivity index (χ3v) is 4.03. The molecule has 2 heterocycles. The van der Waals surface area contributed by atoms with E-state index in [2.05, 4.69) is 6.07 Å². The number of hydrogen-bond donors (Lipinski definition) is 1. The maximum Gasteiger partial charge on any atom is 0.227 e. The molecule has 0 bridgehead atoms. The lowest BCUT2D eigenvalue weighted by Crippen LogP contribution is -2.40. The van der Waals surface area contributed by atoms with E-state index < -0.39 is 0 Å². The molecule has 1 aromatic heterocycles. The van der Waals surface area contributed by atoms with Crippen molar-refractivity contribution in [2.45, 2.75) is 19.9 Å². The van der Waals surface area contributed by atoms with E-state index in [1.165, 1.54) is 5.56 Å². The molecular weight excluding hydrogens is 264 g/mol. The van der Waals surface area contributed by atoms with Gasteiger partial charge in [-0.15, -0.1) is 0 Å². The zero-order chi connectivity index (χ0) is 14.8. The number of rotatable bonds is 3. The fourth-order valence-electron chi connectivity index (χ4n) is 2.66. The summed E-state index contributed by atoms with van der Waals surface area (Å²) in [5.41, 5.74) is 7.86. The van der Waals surface area contributed by atoms with E-state index in [4.69, 9.17) is 10.2 Å². The van der Waals surface area contributed by atoms with Gasteiger partial charge in [0, 0.05) is 24.6 Å². The Hall–Kier alpha value is -2.07. The van der Waals surface area contributed by atoms with Crippen molar-refractivity contribution in [2.24, 2.45) is 11.7 Å². The molecule has 1 aliphatic rings. The molecule has 110 valence electrons. The van der Waals surface area contributed by atoms with Crippen molar-refractivity contribution < 1.29 is 9.21 Å². The number of carbonyl (C=O) groups excluding carboxylic acids is 1. The standard InChI is InChI=1S/C17H20N2O2/c1-12(10-18)17(20)19-8-7-14-9-15(21-16(14)11-19)13-5-3-2-4-6-13/h2-6,9,12H,7-8,10-11,18H2,1H3. The highest BCUT2D eigenvalue weighted by Crippen LogP contribution is 2.29. The maximum atomic E-state index is 12.2. The summed E-state index contributed by atoms with van der Waals surface area (Å²) in [6.45, 7) is 3.54. The van der Waals surface area contributed by atoms with Crippen molar-refractivity contribution in [3.63, 3.8) is 0 Å². The first-order valence-corrected chi connectivity index (χ1v) is 7.35. The second-order valence-corrected chi connectivity index (χ2v) is 5.57. The van der Waals surface area contributed by atoms with Crippen LogP contribution in [-0.2, 0) is 17.8 Å². The van der Waals surface area contributed by atoms with Crippen molar-refractivity contribution >= 4 is 5.91 Å². The van der Waals surface area contributed by atoms with Gasteiger partial charge in [0.05, 0.1) is 6.54 Å². The minimum absolute atomic E-state index is 0.112. The predicted octanol–water partition coefficient (Wildman–Crippen LogP) is 2.43. The Labute approximate surface area is 124 Å². The molecule has 21 heavy (non-hydrogen) atoms. The molecule has 2 N–H and O–H groups in total. The van der Waals surface area contributed by atoms with Crippen LogP contribution in [0.4, 0.5) is 0 Å². The van der Waals surface area contributed by atoms with Gasteiger partial charge in [-0.05, 0) is 18.1 Å². The molecular formula is C17H20N2O2. The molecule has 0 spiro atoms. The van der Waals surface area contributed by atoms with E-state index in [-0.39, 0.29) is 11.8 Å². The van der Waals surface area contributed by atoms with Crippen LogP contribution in [-0.4, -0.2) is 23.9 Å². The molecule has 0 aliphatic carbocycles. The van der Waals surface area contributed by atoms with E-state index in [0.717, 1.165) is 30.0 Å². The van der Waals surface area contributed by atoms with Crippen LogP contribution in [0.25, 0.3) is 11.3 Å². The smallest absolute Gasteiger partial charge is 0.227 e. The molecule has 0 fully saturated rings. The van der Waals surface area contributed by atoms with E-state index in [1.807, 2.05) is 42.2 Å². The zero-order valence-corrected chi connectivity index (χ0v) is 12.2. The Balaban J connectivity index is 1.81. The summed E-state index contributed by atoms with van der Waals surface area (Å²) in [6, 6.07) is 12.1. The minimum atomic E-state index is -0.130. The Bertz CT molecular complexity index is 633. The largest absolute Gasteiger partial charge is 0.459 e. The van der Waals surface area contributed by atoms with Crippen LogP contribution >= 0.6 is 0 Å². The molecule has 0 saturated heterocycles. The SMILES string of the molecule is CC(CN)C(=O)N1CCc2cc(-c3ccccc3)oc2C1. The Morgan fingerprint density at radius 2 is 2.14 bits per heavy atom. The third kappa shape index (κ3) is 2.72. The van der Waals surface area contributed by atoms with Crippen LogP contribution in [0.15, 0.2) is 40.8 Å². The van der Waals surface area contributed by atoms with Crippen molar-refractivity contribution in [1.82, 2.24) is 4.90 Å². The van der Waals surface area contributed by atoms with E-state index in [0.29, 0.717) is 13.1 Å². The van der Waals surface area contributed by atoms with Crippen LogP contribution in [0.1, 0.15) is 18.2 Å². The van der Waals surface area contributed by atoms with Gasteiger partial charge < -0.3 is 15.1 Å². The van der Waals surface area contributed by atoms with Gasteiger partial charge >= 0.3 is 0 Å². The number of carbonyl (C=O) groups is 1. The molecule has 1 unspecified atom stereocenters. The predicted molar refractivity (Wildman–Crippen MR) is 81.5 cm³/mol. The van der Waals surface area contributed by atoms with E-state index in [1.54, 1.807) is 0 Å². The summed E-state index contributed by atoms with van der Waals surface area (Å²) < 4.78 is 5.96. The lowest BCUT2D eigenvalue weighted by atomic mass is 10.0. The van der Waals surface area contributed by atoms with Gasteiger partial charge in [-0.3, -0.25) is 4.79 Å². The first-order chi connectivity index (χ1) is 10.2. The third-order valence-electron chi connectivity index (χ3n) is 4.03. The summed E-state index contributed by atoms with van der Waals surface area (Å²) in [5.74, 6) is 1.76. The van der Waals surface area contributed by atoms with Gasteiger partial charge in [-0.2, -0.15) is 0 Å². The lowest BCUT2D eigenvalue weighted by molar-refractivity contribution is -0.135. The number of nitrogens with two attached hydrogens (primary N) is 1. The number of furan rings is 1. The fourth-order valence-corrected chi connectivity index (χ4v) is 2.66. The topological polar surface area (TPSA) is 59.5 Å². The van der Waals surface area contributed by atoms with E-state index >= 15 is 0 Å². The van der Waals surface area contributed by atoms with Crippen molar-refractivity contribution in [3.8, 4) is 11.3 Å². The first kappa shape index (κ1) is 13.9. The van der Waals surface area contributed by atoms with Crippen molar-refractivity contribution in [1.29, 1.82) is 0 Å². The van der Waals surface area contributed by atoms with Gasteiger partial charge in [0.1, 0.15) is 11.5 Å². The minimum Gasteiger partial charge on any atom is -0.459 e. The summed E-state index contributed by atoms with van der Waals surface area (Å²) in [7, 11) is 0. The highest BCUT2D eigenvalue weighted by atomic mass is 16.3. The van der Waals surface area contributed by atoms with Crippen molar-refractivity contribution in [3.05, 3.63) is 47.7 Å². The van der Waals surface area contributed by atoms with Crippen LogP contribution in [0.5, 0.6) is 0 Å². The monoisotopic (exact) mass is 284 g/mol. The fraction of sp³-hybridized carbons (Fsp3) is 0.353. The number of nitrogens with zero attached hydrogens (tertiary/aromatic N) is 1. The normalized spacial score (nSPS) is 15.6. The van der Waals surface area contributed by atoms with Gasteiger partial charge in [0.2, 0.25) is 5.91 Å². The van der Waals surface area contributed by atoms with E-state index in [9.17, 15) is 4.79 Å². The van der Waals surface area contributed by atoms with Gasteiger partial charge in [-0.1, -0.05) is 37.3 Å². The summed E-state index contributed by atoms with van der Waals surface area (Å²) >= 11 is 0. The number of fused-ring (bicyclic) bond motifs is 1. The maximum absolute atomic E-state index is 12.2. The molecule has 1 aliphatic heterocycles. The van der Waals surface area contributed by atoms with Crippen LogP contribution < -0.4 is 5.73 Å². The Morgan fingerprint density at radius 1 is 1.38 bits per heavy atom. The number of hydrogen-bond acceptors (Lipinski definition) is 3. The second-order valence-electron chi connectivity index (χ2n) is 5.57. The highest BCUT2D eigenvalue weighted by molar-refractivity contribution is 5.79. The van der Waals surface area contributed by atoms with Gasteiger partial charge in [0.25, 0.3) is 0 Å². The lowest BCUT2D eigenvalue weighted by Gasteiger charge is -2.28. The Kier molecular flexibility index (Phi) is 3.80. The molecule has 0 radical (unpaired) electrons. The van der Waals surface area contributed by atoms with Crippen molar-refractivity contribution in [2.75, 3.05) is 13.1 Å². The summed E-state index contributed by atoms with van der Waals surface area (Å²) in [4.78, 5) is 14.1. The number of amides is 1. The molecule has 1 atom stereocenters. The van der Waals surface area contributed by atoms with Crippen LogP contribution in [0, 0.1) is 5.92 Å². The molecule has 3 rings (SSSR count). The van der Waals surface area contributed by atoms with Gasteiger partial charge in [-0.25, -0.2) is 0 Å². The average molecular weight is 284 g/mol. The quantitative estimate of drug-likeness (QED) is 0.941. The second kappa shape index (κ2) is 5.74. The molecule has 2 aromatic rings. The average Bonchev–Trinajstić information content (AvgIpc) is 2.97. The molecule has 1 amide bonds. The first-order valence-electron chi connectivity index (χ1n) is 7.35. The molecule has 0 saturated carbocycles. The summed E-state index contributed by atoms with van der Waals surface area (Å²) in [5, 5.41) is 0. The Morgan fingerprint density at radius 3 is 2.86 bits per heavy atom. The highest BCUT2D eigenvalue weighted by Gasteiger charge is 2.26. The van der Waals surface area contributed by atoms with Gasteiger partial charge in [0.15, 0.2) is 0 Å². The molecule has 1 aromatic carbocycles. The van der Waals surface area contributed by atoms with Crippen LogP contribution in [0.3, 0.4) is 0 Å². The number of benzene rings is 1.